The van der Waals surface area contributed by atoms with Crippen LogP contribution in [0.4, 0.5) is 11.4 Å². The van der Waals surface area contributed by atoms with Gasteiger partial charge in [0.25, 0.3) is 0 Å². The fourth-order valence-corrected chi connectivity index (χ4v) is 4.20. The third-order valence-corrected chi connectivity index (χ3v) is 5.62. The average Bonchev–Trinajstić information content (AvgIpc) is 2.80. The molecule has 2 aromatic rings. The van der Waals surface area contributed by atoms with Crippen molar-refractivity contribution in [2.75, 3.05) is 10.2 Å². The van der Waals surface area contributed by atoms with Crippen LogP contribution < -0.4 is 10.2 Å². The van der Waals surface area contributed by atoms with Gasteiger partial charge in [0.1, 0.15) is 5.84 Å². The highest BCUT2D eigenvalue weighted by Gasteiger charge is 2.25. The Hall–Kier alpha value is -2.29. The van der Waals surface area contributed by atoms with Crippen molar-refractivity contribution < 1.29 is 0 Å². The third-order valence-electron chi connectivity index (χ3n) is 5.62. The molecule has 3 heteroatoms. The molecular weight excluding hydrogens is 318 g/mol. The number of hydrogen-bond donors (Lipinski definition) is 1. The molecule has 0 saturated heterocycles. The lowest BCUT2D eigenvalue weighted by molar-refractivity contribution is 0.442. The lowest BCUT2D eigenvalue weighted by Crippen LogP contribution is -2.33. The molecule has 136 valence electrons. The summed E-state index contributed by atoms with van der Waals surface area (Å²) in [5, 5.41) is 3.66. The number of hydrogen-bond acceptors (Lipinski definition) is 2. The zero-order chi connectivity index (χ0) is 17.8. The van der Waals surface area contributed by atoms with Crippen molar-refractivity contribution in [1.29, 1.82) is 0 Å². The number of benzene rings is 2. The monoisotopic (exact) mass is 347 g/mol. The molecule has 0 aromatic heterocycles. The molecule has 4 rings (SSSR count). The summed E-state index contributed by atoms with van der Waals surface area (Å²) in [5.41, 5.74) is 3.81. The maximum absolute atomic E-state index is 5.12. The lowest BCUT2D eigenvalue weighted by atomic mass is 9.96. The van der Waals surface area contributed by atoms with Gasteiger partial charge in [-0.25, -0.2) is 0 Å². The van der Waals surface area contributed by atoms with Crippen LogP contribution >= 0.6 is 0 Å². The zero-order valence-corrected chi connectivity index (χ0v) is 15.7. The van der Waals surface area contributed by atoms with E-state index in [1.54, 1.807) is 0 Å². The lowest BCUT2D eigenvalue weighted by Gasteiger charge is -2.30. The highest BCUT2D eigenvalue weighted by Crippen LogP contribution is 2.33. The van der Waals surface area contributed by atoms with Crippen molar-refractivity contribution >= 4 is 17.2 Å². The fourth-order valence-electron chi connectivity index (χ4n) is 4.20. The Kier molecular flexibility index (Phi) is 5.24. The first-order chi connectivity index (χ1) is 12.8. The third kappa shape index (κ3) is 3.92. The molecular formula is C23H29N3. The van der Waals surface area contributed by atoms with Gasteiger partial charge in [-0.1, -0.05) is 61.7 Å². The molecule has 3 nitrogen and oxygen atoms in total. The van der Waals surface area contributed by atoms with E-state index in [0.29, 0.717) is 12.1 Å². The topological polar surface area (TPSA) is 27.6 Å². The molecule has 0 spiro atoms. The minimum atomic E-state index is 0.411. The second kappa shape index (κ2) is 7.94. The Morgan fingerprint density at radius 2 is 1.69 bits per heavy atom. The molecule has 26 heavy (non-hydrogen) atoms. The van der Waals surface area contributed by atoms with Crippen LogP contribution in [0.3, 0.4) is 0 Å². The van der Waals surface area contributed by atoms with Gasteiger partial charge in [0.2, 0.25) is 0 Å². The zero-order valence-electron chi connectivity index (χ0n) is 15.7. The number of nitrogens with one attached hydrogen (secondary N) is 1. The Morgan fingerprint density at radius 3 is 2.50 bits per heavy atom. The van der Waals surface area contributed by atoms with Gasteiger partial charge in [0.15, 0.2) is 0 Å². The predicted octanol–water partition coefficient (Wildman–Crippen LogP) is 5.63. The molecule has 0 unspecified atom stereocenters. The highest BCUT2D eigenvalue weighted by molar-refractivity contribution is 6.00. The molecule has 1 heterocycles. The van der Waals surface area contributed by atoms with E-state index in [4.69, 9.17) is 4.99 Å². The Morgan fingerprint density at radius 1 is 0.962 bits per heavy atom. The van der Waals surface area contributed by atoms with Gasteiger partial charge in [0, 0.05) is 19.0 Å². The first-order valence-electron chi connectivity index (χ1n) is 10.0. The summed E-state index contributed by atoms with van der Waals surface area (Å²) < 4.78 is 0. The molecule has 2 aromatic carbocycles. The number of fused-ring (bicyclic) bond motifs is 1. The summed E-state index contributed by atoms with van der Waals surface area (Å²) in [4.78, 5) is 7.64. The number of anilines is 2. The van der Waals surface area contributed by atoms with Crippen LogP contribution in [-0.4, -0.2) is 17.9 Å². The van der Waals surface area contributed by atoms with E-state index in [1.165, 1.54) is 49.0 Å². The summed E-state index contributed by atoms with van der Waals surface area (Å²) in [5.74, 6) is 1.16. The molecule has 2 aliphatic rings. The smallest absolute Gasteiger partial charge is 0.103 e. The number of aliphatic imine (C=N–C) groups is 1. The molecule has 1 aliphatic carbocycles. The van der Waals surface area contributed by atoms with Crippen LogP contribution in [0, 0.1) is 0 Å². The number of nitrogens with zero attached hydrogens (tertiary/aromatic N) is 2. The van der Waals surface area contributed by atoms with Crippen molar-refractivity contribution in [1.82, 2.24) is 0 Å². The standard InChI is InChI=1S/C23H29N3/c1-18-16-23(24-20-12-6-3-7-13-20)25-21-14-8-9-15-22(21)26(18)17-19-10-4-2-5-11-19/h2,4-5,8-11,14-15,18,20H,3,6-7,12-13,16-17H2,1H3,(H,24,25)/t18-/m1/s1. The maximum Gasteiger partial charge on any atom is 0.103 e. The Balaban J connectivity index is 1.62. The molecule has 0 radical (unpaired) electrons. The first-order valence-corrected chi connectivity index (χ1v) is 10.0. The van der Waals surface area contributed by atoms with E-state index >= 15 is 0 Å². The second-order valence-corrected chi connectivity index (χ2v) is 7.68. The van der Waals surface area contributed by atoms with Crippen molar-refractivity contribution in [3.05, 3.63) is 60.2 Å². The van der Waals surface area contributed by atoms with E-state index in [1.807, 2.05) is 0 Å². The van der Waals surface area contributed by atoms with Crippen molar-refractivity contribution in [3.63, 3.8) is 0 Å². The van der Waals surface area contributed by atoms with Gasteiger partial charge < -0.3 is 10.2 Å². The molecule has 0 bridgehead atoms. The predicted molar refractivity (Wildman–Crippen MR) is 111 cm³/mol. The van der Waals surface area contributed by atoms with E-state index in [2.05, 4.69) is 71.7 Å². The molecule has 1 atom stereocenters. The number of para-hydroxylation sites is 2. The minimum Gasteiger partial charge on any atom is -0.362 e. The molecule has 1 fully saturated rings. The summed E-state index contributed by atoms with van der Waals surface area (Å²) in [6.45, 7) is 3.25. The van der Waals surface area contributed by atoms with Crippen LogP contribution in [0.5, 0.6) is 0 Å². The van der Waals surface area contributed by atoms with Crippen LogP contribution in [0.25, 0.3) is 0 Å². The van der Waals surface area contributed by atoms with E-state index in [0.717, 1.165) is 18.8 Å². The van der Waals surface area contributed by atoms with Crippen LogP contribution in [0.1, 0.15) is 51.0 Å². The quantitative estimate of drug-likeness (QED) is 0.779. The van der Waals surface area contributed by atoms with Crippen LogP contribution in [0.2, 0.25) is 0 Å². The second-order valence-electron chi connectivity index (χ2n) is 7.68. The van der Waals surface area contributed by atoms with Gasteiger partial charge in [0.05, 0.1) is 17.4 Å². The summed E-state index contributed by atoms with van der Waals surface area (Å²) in [6.07, 6.45) is 7.49. The van der Waals surface area contributed by atoms with E-state index in [9.17, 15) is 0 Å². The Bertz CT molecular complexity index is 747. The maximum atomic E-state index is 5.12. The summed E-state index contributed by atoms with van der Waals surface area (Å²) >= 11 is 0. The van der Waals surface area contributed by atoms with Crippen molar-refractivity contribution in [2.24, 2.45) is 4.99 Å². The summed E-state index contributed by atoms with van der Waals surface area (Å²) in [6, 6.07) is 20.3. The molecule has 0 amide bonds. The number of rotatable bonds is 3. The van der Waals surface area contributed by atoms with Gasteiger partial charge in [-0.2, -0.15) is 0 Å². The van der Waals surface area contributed by atoms with Gasteiger partial charge >= 0.3 is 0 Å². The van der Waals surface area contributed by atoms with Gasteiger partial charge in [-0.15, -0.1) is 0 Å². The SMILES string of the molecule is C[C@@H]1CC(=NC2CCCCC2)Nc2ccccc2N1Cc1ccccc1. The molecule has 1 aliphatic heterocycles. The molecule has 1 saturated carbocycles. The van der Waals surface area contributed by atoms with Crippen LogP contribution in [-0.2, 0) is 6.54 Å². The van der Waals surface area contributed by atoms with Gasteiger partial charge in [-0.3, -0.25) is 4.99 Å². The average molecular weight is 348 g/mol. The highest BCUT2D eigenvalue weighted by atomic mass is 15.2. The minimum absolute atomic E-state index is 0.411. The normalized spacial score (nSPS) is 22.6. The van der Waals surface area contributed by atoms with E-state index in [-0.39, 0.29) is 0 Å². The largest absolute Gasteiger partial charge is 0.362 e. The summed E-state index contributed by atoms with van der Waals surface area (Å²) in [7, 11) is 0. The van der Waals surface area contributed by atoms with E-state index < -0.39 is 0 Å². The van der Waals surface area contributed by atoms with Gasteiger partial charge in [-0.05, 0) is 37.5 Å². The molecule has 1 N–H and O–H groups in total. The number of amidine groups is 1. The van der Waals surface area contributed by atoms with Crippen LogP contribution in [0.15, 0.2) is 59.6 Å². The first kappa shape index (κ1) is 17.1. The Labute approximate surface area is 157 Å². The van der Waals surface area contributed by atoms with Crippen molar-refractivity contribution in [2.45, 2.75) is 64.1 Å². The van der Waals surface area contributed by atoms with Crippen molar-refractivity contribution in [3.8, 4) is 0 Å². The fraction of sp³-hybridized carbons (Fsp3) is 0.435.